The van der Waals surface area contributed by atoms with E-state index in [-0.39, 0.29) is 0 Å². The summed E-state index contributed by atoms with van der Waals surface area (Å²) in [6.45, 7) is 6.42. The molecule has 28 heavy (non-hydrogen) atoms. The van der Waals surface area contributed by atoms with Gasteiger partial charge in [-0.3, -0.25) is 4.57 Å². The van der Waals surface area contributed by atoms with Gasteiger partial charge in [-0.15, -0.1) is 10.2 Å². The van der Waals surface area contributed by atoms with Crippen molar-refractivity contribution in [2.75, 3.05) is 0 Å². The number of aryl methyl sites for hydroxylation is 3. The predicted octanol–water partition coefficient (Wildman–Crippen LogP) is 6.15. The molecule has 0 atom stereocenters. The van der Waals surface area contributed by atoms with Crippen LogP contribution in [-0.2, 0) is 5.75 Å². The average Bonchev–Trinajstić information content (AvgIpc) is 3.13. The van der Waals surface area contributed by atoms with E-state index in [2.05, 4.69) is 96.2 Å². The smallest absolute Gasteiger partial charge is 0.196 e. The predicted molar refractivity (Wildman–Crippen MR) is 117 cm³/mol. The highest BCUT2D eigenvalue weighted by Crippen LogP contribution is 2.31. The van der Waals surface area contributed by atoms with E-state index in [0.29, 0.717) is 0 Å². The molecule has 0 saturated carbocycles. The lowest BCUT2D eigenvalue weighted by Gasteiger charge is -2.12. The fraction of sp³-hybridized carbons (Fsp3) is 0.167. The van der Waals surface area contributed by atoms with Gasteiger partial charge in [0.25, 0.3) is 0 Å². The number of rotatable bonds is 5. The van der Waals surface area contributed by atoms with Gasteiger partial charge in [-0.05, 0) is 55.2 Å². The van der Waals surface area contributed by atoms with Crippen LogP contribution in [-0.4, -0.2) is 14.8 Å². The van der Waals surface area contributed by atoms with E-state index in [4.69, 9.17) is 0 Å². The maximum atomic E-state index is 4.56. The number of hydrogen-bond donors (Lipinski definition) is 0. The molecule has 0 N–H and O–H groups in total. The molecule has 3 nitrogen and oxygen atoms in total. The minimum absolute atomic E-state index is 0.861. The minimum Gasteiger partial charge on any atom is -0.270 e. The standard InChI is InChI=1S/C24H23N3S/c1-17-13-14-20(15-19(17)3)16-28-24-26-25-23(22-12-8-7-9-18(22)2)27(24)21-10-5-4-6-11-21/h4-15H,16H2,1-3H3. The highest BCUT2D eigenvalue weighted by molar-refractivity contribution is 7.98. The number of benzene rings is 3. The van der Waals surface area contributed by atoms with Crippen LogP contribution in [0.1, 0.15) is 22.3 Å². The number of para-hydroxylation sites is 1. The normalized spacial score (nSPS) is 11.0. The Labute approximate surface area is 170 Å². The summed E-state index contributed by atoms with van der Waals surface area (Å²) in [5.41, 5.74) is 7.32. The SMILES string of the molecule is Cc1ccc(CSc2nnc(-c3ccccc3C)n2-c2ccccc2)cc1C. The Balaban J connectivity index is 1.73. The van der Waals surface area contributed by atoms with Gasteiger partial charge in [-0.25, -0.2) is 0 Å². The van der Waals surface area contributed by atoms with Crippen LogP contribution in [0.4, 0.5) is 0 Å². The first-order valence-corrected chi connectivity index (χ1v) is 10.4. The largest absolute Gasteiger partial charge is 0.270 e. The fourth-order valence-corrected chi connectivity index (χ4v) is 4.11. The van der Waals surface area contributed by atoms with Gasteiger partial charge in [0.2, 0.25) is 0 Å². The molecule has 0 amide bonds. The molecule has 1 heterocycles. The molecule has 0 aliphatic rings. The first-order chi connectivity index (χ1) is 13.6. The summed E-state index contributed by atoms with van der Waals surface area (Å²) < 4.78 is 2.16. The fourth-order valence-electron chi connectivity index (χ4n) is 3.21. The summed E-state index contributed by atoms with van der Waals surface area (Å²) in [7, 11) is 0. The summed E-state index contributed by atoms with van der Waals surface area (Å²) in [6, 6.07) is 25.3. The highest BCUT2D eigenvalue weighted by atomic mass is 32.2. The molecule has 4 rings (SSSR count). The molecule has 3 aromatic carbocycles. The van der Waals surface area contributed by atoms with Crippen LogP contribution < -0.4 is 0 Å². The van der Waals surface area contributed by atoms with Crippen LogP contribution in [0.15, 0.2) is 78.0 Å². The topological polar surface area (TPSA) is 30.7 Å². The summed E-state index contributed by atoms with van der Waals surface area (Å²) in [5, 5.41) is 10.0. The highest BCUT2D eigenvalue weighted by Gasteiger charge is 2.17. The Bertz CT molecular complexity index is 1100. The van der Waals surface area contributed by atoms with Gasteiger partial charge in [0.05, 0.1) is 0 Å². The van der Waals surface area contributed by atoms with Gasteiger partial charge in [0, 0.05) is 17.0 Å². The molecule has 140 valence electrons. The molecule has 0 saturated heterocycles. The van der Waals surface area contributed by atoms with Gasteiger partial charge < -0.3 is 0 Å². The lowest BCUT2D eigenvalue weighted by Crippen LogP contribution is -2.00. The van der Waals surface area contributed by atoms with E-state index in [9.17, 15) is 0 Å². The van der Waals surface area contributed by atoms with E-state index in [0.717, 1.165) is 28.0 Å². The monoisotopic (exact) mass is 385 g/mol. The van der Waals surface area contributed by atoms with E-state index in [1.54, 1.807) is 11.8 Å². The molecule has 4 heteroatoms. The van der Waals surface area contributed by atoms with Crippen molar-refractivity contribution in [2.45, 2.75) is 31.7 Å². The van der Waals surface area contributed by atoms with Crippen molar-refractivity contribution in [1.29, 1.82) is 0 Å². The average molecular weight is 386 g/mol. The second-order valence-electron chi connectivity index (χ2n) is 7.00. The van der Waals surface area contributed by atoms with Crippen molar-refractivity contribution in [3.05, 3.63) is 95.1 Å². The molecule has 0 unspecified atom stereocenters. The third-order valence-electron chi connectivity index (χ3n) is 4.97. The van der Waals surface area contributed by atoms with Gasteiger partial charge in [0.1, 0.15) is 0 Å². The first kappa shape index (κ1) is 18.5. The second-order valence-corrected chi connectivity index (χ2v) is 7.94. The Morgan fingerprint density at radius 3 is 2.25 bits per heavy atom. The third kappa shape index (κ3) is 3.73. The van der Waals surface area contributed by atoms with Crippen LogP contribution in [0.2, 0.25) is 0 Å². The van der Waals surface area contributed by atoms with Crippen LogP contribution in [0.5, 0.6) is 0 Å². The van der Waals surface area contributed by atoms with Crippen LogP contribution >= 0.6 is 11.8 Å². The Morgan fingerprint density at radius 2 is 1.50 bits per heavy atom. The van der Waals surface area contributed by atoms with E-state index in [1.807, 2.05) is 12.1 Å². The van der Waals surface area contributed by atoms with Crippen molar-refractivity contribution >= 4 is 11.8 Å². The van der Waals surface area contributed by atoms with Gasteiger partial charge in [-0.1, -0.05) is 72.4 Å². The first-order valence-electron chi connectivity index (χ1n) is 9.39. The molecule has 0 spiro atoms. The minimum atomic E-state index is 0.861. The van der Waals surface area contributed by atoms with Crippen molar-refractivity contribution in [1.82, 2.24) is 14.8 Å². The molecule has 4 aromatic rings. The quantitative estimate of drug-likeness (QED) is 0.386. The van der Waals surface area contributed by atoms with Crippen molar-refractivity contribution in [2.24, 2.45) is 0 Å². The van der Waals surface area contributed by atoms with Crippen molar-refractivity contribution in [3.63, 3.8) is 0 Å². The van der Waals surface area contributed by atoms with Crippen molar-refractivity contribution in [3.8, 4) is 17.1 Å². The molecule has 0 fully saturated rings. The maximum Gasteiger partial charge on any atom is 0.196 e. The molecule has 0 bridgehead atoms. The second kappa shape index (κ2) is 8.03. The number of aromatic nitrogens is 3. The van der Waals surface area contributed by atoms with E-state index in [1.165, 1.54) is 22.3 Å². The number of thioether (sulfide) groups is 1. The number of nitrogens with zero attached hydrogens (tertiary/aromatic N) is 3. The lowest BCUT2D eigenvalue weighted by atomic mass is 10.1. The van der Waals surface area contributed by atoms with E-state index < -0.39 is 0 Å². The summed E-state index contributed by atoms with van der Waals surface area (Å²) in [6.07, 6.45) is 0. The van der Waals surface area contributed by atoms with E-state index >= 15 is 0 Å². The van der Waals surface area contributed by atoms with Crippen molar-refractivity contribution < 1.29 is 0 Å². The molecule has 0 aliphatic carbocycles. The Kier molecular flexibility index (Phi) is 5.31. The Morgan fingerprint density at radius 1 is 0.750 bits per heavy atom. The van der Waals surface area contributed by atoms with Crippen LogP contribution in [0.25, 0.3) is 17.1 Å². The molecular weight excluding hydrogens is 362 g/mol. The molecular formula is C24H23N3S. The van der Waals surface area contributed by atoms with Gasteiger partial charge in [0.15, 0.2) is 11.0 Å². The zero-order valence-electron chi connectivity index (χ0n) is 16.4. The summed E-state index contributed by atoms with van der Waals surface area (Å²) >= 11 is 1.72. The Hall–Kier alpha value is -2.85. The van der Waals surface area contributed by atoms with Crippen LogP contribution in [0.3, 0.4) is 0 Å². The van der Waals surface area contributed by atoms with Gasteiger partial charge in [-0.2, -0.15) is 0 Å². The number of hydrogen-bond acceptors (Lipinski definition) is 3. The van der Waals surface area contributed by atoms with Crippen LogP contribution in [0, 0.1) is 20.8 Å². The van der Waals surface area contributed by atoms with Gasteiger partial charge >= 0.3 is 0 Å². The maximum absolute atomic E-state index is 4.56. The summed E-state index contributed by atoms with van der Waals surface area (Å²) in [4.78, 5) is 0. The molecule has 0 radical (unpaired) electrons. The molecule has 0 aliphatic heterocycles. The third-order valence-corrected chi connectivity index (χ3v) is 5.97. The zero-order valence-corrected chi connectivity index (χ0v) is 17.2. The zero-order chi connectivity index (χ0) is 19.5. The summed E-state index contributed by atoms with van der Waals surface area (Å²) in [5.74, 6) is 1.74. The molecule has 1 aromatic heterocycles. The lowest BCUT2D eigenvalue weighted by molar-refractivity contribution is 0.885.